The maximum atomic E-state index is 5.10. The number of aliphatic imine (C=N–C) groups is 1. The van der Waals surface area contributed by atoms with Crippen molar-refractivity contribution in [2.24, 2.45) is 4.99 Å². The standard InChI is InChI=1S/C5H8INO/c1-4-7-5(2-6)3-8-4/h5H,2-3H2,1H3/t5-/m1/s1. The molecule has 2 nitrogen and oxygen atoms in total. The van der Waals surface area contributed by atoms with E-state index < -0.39 is 0 Å². The summed E-state index contributed by atoms with van der Waals surface area (Å²) in [7, 11) is 0. The second-order valence-electron chi connectivity index (χ2n) is 1.77. The van der Waals surface area contributed by atoms with Gasteiger partial charge in [-0.15, -0.1) is 0 Å². The summed E-state index contributed by atoms with van der Waals surface area (Å²) >= 11 is 2.31. The van der Waals surface area contributed by atoms with Crippen LogP contribution in [0.25, 0.3) is 0 Å². The highest BCUT2D eigenvalue weighted by Crippen LogP contribution is 2.05. The Morgan fingerprint density at radius 2 is 2.75 bits per heavy atom. The molecule has 0 aromatic carbocycles. The van der Waals surface area contributed by atoms with Crippen LogP contribution in [0.15, 0.2) is 4.99 Å². The third kappa shape index (κ3) is 1.34. The Labute approximate surface area is 62.5 Å². The lowest BCUT2D eigenvalue weighted by molar-refractivity contribution is 0.323. The summed E-state index contributed by atoms with van der Waals surface area (Å²) in [5, 5.41) is 0. The summed E-state index contributed by atoms with van der Waals surface area (Å²) in [6, 6.07) is 0.426. The lowest BCUT2D eigenvalue weighted by atomic mass is 10.4. The lowest BCUT2D eigenvalue weighted by Crippen LogP contribution is -2.06. The molecule has 0 fully saturated rings. The molecule has 0 aromatic rings. The molecule has 0 spiro atoms. The Morgan fingerprint density at radius 1 is 2.00 bits per heavy atom. The molecular formula is C5H8INO. The Hall–Kier alpha value is 0.200. The topological polar surface area (TPSA) is 21.6 Å². The fraction of sp³-hybridized carbons (Fsp3) is 0.800. The van der Waals surface area contributed by atoms with Gasteiger partial charge in [0, 0.05) is 11.4 Å². The van der Waals surface area contributed by atoms with Crippen LogP contribution in [0.2, 0.25) is 0 Å². The van der Waals surface area contributed by atoms with Crippen LogP contribution in [-0.2, 0) is 4.74 Å². The molecule has 0 aromatic heterocycles. The summed E-state index contributed by atoms with van der Waals surface area (Å²) in [4.78, 5) is 4.19. The van der Waals surface area contributed by atoms with Crippen molar-refractivity contribution in [1.82, 2.24) is 0 Å². The van der Waals surface area contributed by atoms with E-state index in [1.807, 2.05) is 6.92 Å². The molecule has 1 aliphatic heterocycles. The minimum atomic E-state index is 0.426. The van der Waals surface area contributed by atoms with E-state index in [1.54, 1.807) is 0 Å². The zero-order chi connectivity index (χ0) is 5.98. The number of alkyl halides is 1. The SMILES string of the molecule is CC1=N[C@H](CI)CO1. The smallest absolute Gasteiger partial charge is 0.180 e. The second kappa shape index (κ2) is 2.66. The number of hydrogen-bond donors (Lipinski definition) is 0. The van der Waals surface area contributed by atoms with Crippen LogP contribution in [0.4, 0.5) is 0 Å². The molecule has 46 valence electrons. The minimum Gasteiger partial charge on any atom is -0.479 e. The predicted molar refractivity (Wildman–Crippen MR) is 41.7 cm³/mol. The van der Waals surface area contributed by atoms with Crippen molar-refractivity contribution in [3.63, 3.8) is 0 Å². The highest BCUT2D eigenvalue weighted by molar-refractivity contribution is 14.1. The van der Waals surface area contributed by atoms with E-state index in [4.69, 9.17) is 4.74 Å². The van der Waals surface area contributed by atoms with Gasteiger partial charge in [-0.05, 0) is 0 Å². The van der Waals surface area contributed by atoms with E-state index in [-0.39, 0.29) is 0 Å². The predicted octanol–water partition coefficient (Wildman–Crippen LogP) is 1.24. The summed E-state index contributed by atoms with van der Waals surface area (Å²) < 4.78 is 6.17. The van der Waals surface area contributed by atoms with E-state index in [0.29, 0.717) is 6.04 Å². The molecule has 8 heavy (non-hydrogen) atoms. The molecule has 1 aliphatic rings. The van der Waals surface area contributed by atoms with Crippen LogP contribution >= 0.6 is 22.6 Å². The molecule has 3 heteroatoms. The third-order valence-electron chi connectivity index (χ3n) is 1.03. The fourth-order valence-electron chi connectivity index (χ4n) is 0.627. The van der Waals surface area contributed by atoms with Gasteiger partial charge in [0.15, 0.2) is 5.90 Å². The van der Waals surface area contributed by atoms with Gasteiger partial charge in [-0.2, -0.15) is 0 Å². The minimum absolute atomic E-state index is 0.426. The maximum Gasteiger partial charge on any atom is 0.180 e. The van der Waals surface area contributed by atoms with Gasteiger partial charge >= 0.3 is 0 Å². The van der Waals surface area contributed by atoms with Crippen LogP contribution in [0.5, 0.6) is 0 Å². The molecule has 1 rings (SSSR count). The number of halogens is 1. The lowest BCUT2D eigenvalue weighted by Gasteiger charge is -1.94. The monoisotopic (exact) mass is 225 g/mol. The number of nitrogens with zero attached hydrogens (tertiary/aromatic N) is 1. The highest BCUT2D eigenvalue weighted by atomic mass is 127. The van der Waals surface area contributed by atoms with Crippen LogP contribution in [0.1, 0.15) is 6.92 Å². The zero-order valence-corrected chi connectivity index (χ0v) is 6.88. The molecule has 0 saturated heterocycles. The summed E-state index contributed by atoms with van der Waals surface area (Å²) in [6.07, 6.45) is 0. The molecule has 1 heterocycles. The van der Waals surface area contributed by atoms with E-state index in [0.717, 1.165) is 16.9 Å². The van der Waals surface area contributed by atoms with Gasteiger partial charge in [-0.1, -0.05) is 22.6 Å². The average molecular weight is 225 g/mol. The van der Waals surface area contributed by atoms with Crippen molar-refractivity contribution in [3.05, 3.63) is 0 Å². The number of ether oxygens (including phenoxy) is 1. The summed E-state index contributed by atoms with van der Waals surface area (Å²) in [5.74, 6) is 0.840. The van der Waals surface area contributed by atoms with E-state index in [1.165, 1.54) is 0 Å². The molecular weight excluding hydrogens is 217 g/mol. The van der Waals surface area contributed by atoms with Gasteiger partial charge in [0.05, 0.1) is 6.04 Å². The first kappa shape index (κ1) is 6.32. The van der Waals surface area contributed by atoms with Gasteiger partial charge in [-0.3, -0.25) is 0 Å². The van der Waals surface area contributed by atoms with Gasteiger partial charge in [0.2, 0.25) is 0 Å². The highest BCUT2D eigenvalue weighted by Gasteiger charge is 2.12. The van der Waals surface area contributed by atoms with Crippen molar-refractivity contribution >= 4 is 28.5 Å². The zero-order valence-electron chi connectivity index (χ0n) is 4.72. The van der Waals surface area contributed by atoms with Crippen LogP contribution < -0.4 is 0 Å². The van der Waals surface area contributed by atoms with Gasteiger partial charge in [0.25, 0.3) is 0 Å². The molecule has 0 amide bonds. The number of hydrogen-bond acceptors (Lipinski definition) is 2. The molecule has 1 atom stereocenters. The van der Waals surface area contributed by atoms with Gasteiger partial charge in [-0.25, -0.2) is 4.99 Å². The summed E-state index contributed by atoms with van der Waals surface area (Å²) in [6.45, 7) is 2.68. The largest absolute Gasteiger partial charge is 0.479 e. The quantitative estimate of drug-likeness (QED) is 0.486. The molecule has 0 bridgehead atoms. The van der Waals surface area contributed by atoms with E-state index >= 15 is 0 Å². The van der Waals surface area contributed by atoms with Gasteiger partial charge < -0.3 is 4.74 Å². The first-order valence-electron chi connectivity index (χ1n) is 2.56. The van der Waals surface area contributed by atoms with Crippen molar-refractivity contribution < 1.29 is 4.74 Å². The first-order chi connectivity index (χ1) is 3.83. The van der Waals surface area contributed by atoms with Crippen molar-refractivity contribution in [1.29, 1.82) is 0 Å². The molecule has 0 aliphatic carbocycles. The fourth-order valence-corrected chi connectivity index (χ4v) is 1.08. The molecule has 0 radical (unpaired) electrons. The number of rotatable bonds is 1. The average Bonchev–Trinajstić information content (AvgIpc) is 2.14. The van der Waals surface area contributed by atoms with E-state index in [2.05, 4.69) is 27.6 Å². The normalized spacial score (nSPS) is 27.2. The van der Waals surface area contributed by atoms with Crippen molar-refractivity contribution in [2.75, 3.05) is 11.0 Å². The maximum absolute atomic E-state index is 5.10. The molecule has 0 unspecified atom stereocenters. The Balaban J connectivity index is 2.41. The van der Waals surface area contributed by atoms with Crippen LogP contribution in [0, 0.1) is 0 Å². The summed E-state index contributed by atoms with van der Waals surface area (Å²) in [5.41, 5.74) is 0. The van der Waals surface area contributed by atoms with Crippen LogP contribution in [-0.4, -0.2) is 23.0 Å². The second-order valence-corrected chi connectivity index (χ2v) is 2.65. The van der Waals surface area contributed by atoms with Crippen molar-refractivity contribution in [2.45, 2.75) is 13.0 Å². The Bertz CT molecular complexity index is 113. The van der Waals surface area contributed by atoms with Crippen molar-refractivity contribution in [3.8, 4) is 0 Å². The Kier molecular flexibility index (Phi) is 2.10. The van der Waals surface area contributed by atoms with Crippen LogP contribution in [0.3, 0.4) is 0 Å². The van der Waals surface area contributed by atoms with Gasteiger partial charge in [0.1, 0.15) is 6.61 Å². The third-order valence-corrected chi connectivity index (χ3v) is 2.04. The molecule has 0 saturated carbocycles. The Morgan fingerprint density at radius 3 is 3.00 bits per heavy atom. The molecule has 0 N–H and O–H groups in total. The van der Waals surface area contributed by atoms with E-state index in [9.17, 15) is 0 Å². The first-order valence-corrected chi connectivity index (χ1v) is 4.08.